The number of hydrogen-bond donors (Lipinski definition) is 1. The third-order valence-corrected chi connectivity index (χ3v) is 2.06. The van der Waals surface area contributed by atoms with Gasteiger partial charge in [0.25, 0.3) is 5.91 Å². The lowest BCUT2D eigenvalue weighted by atomic mass is 10.2. The van der Waals surface area contributed by atoms with Gasteiger partial charge in [-0.3, -0.25) is 4.79 Å². The Balaban J connectivity index is 2.45. The van der Waals surface area contributed by atoms with Crippen LogP contribution in [0.4, 0.5) is 0 Å². The molecule has 0 saturated heterocycles. The van der Waals surface area contributed by atoms with Crippen molar-refractivity contribution in [1.82, 2.24) is 15.3 Å². The molecule has 2 rings (SSSR count). The number of nitrogens with one attached hydrogen (secondary N) is 1. The molecule has 0 fully saturated rings. The predicted octanol–water partition coefficient (Wildman–Crippen LogP) is 0.843. The standard InChI is InChI=1S/C9H11N3O/c1-5(2)8-10-3-6-7(12-8)4-11-9(6)13/h3,5H,4H2,1-2H3,(H,11,13). The smallest absolute Gasteiger partial charge is 0.255 e. The summed E-state index contributed by atoms with van der Waals surface area (Å²) < 4.78 is 0. The van der Waals surface area contributed by atoms with E-state index in [0.29, 0.717) is 18.0 Å². The van der Waals surface area contributed by atoms with Gasteiger partial charge in [-0.25, -0.2) is 9.97 Å². The molecule has 0 saturated carbocycles. The molecule has 4 heteroatoms. The van der Waals surface area contributed by atoms with Crippen LogP contribution in [0.25, 0.3) is 0 Å². The average molecular weight is 177 g/mol. The first kappa shape index (κ1) is 8.16. The Bertz CT molecular complexity index is 360. The van der Waals surface area contributed by atoms with Gasteiger partial charge in [0.2, 0.25) is 0 Å². The number of carbonyl (C=O) groups excluding carboxylic acids is 1. The molecular formula is C9H11N3O. The molecule has 0 unspecified atom stereocenters. The zero-order chi connectivity index (χ0) is 9.42. The summed E-state index contributed by atoms with van der Waals surface area (Å²) in [4.78, 5) is 19.6. The summed E-state index contributed by atoms with van der Waals surface area (Å²) in [6.45, 7) is 4.61. The normalized spacial score (nSPS) is 14.5. The van der Waals surface area contributed by atoms with E-state index < -0.39 is 0 Å². The van der Waals surface area contributed by atoms with Gasteiger partial charge in [0.05, 0.1) is 17.8 Å². The second-order valence-electron chi connectivity index (χ2n) is 3.43. The molecule has 2 heterocycles. The van der Waals surface area contributed by atoms with Crippen molar-refractivity contribution in [3.05, 3.63) is 23.3 Å². The van der Waals surface area contributed by atoms with Crippen molar-refractivity contribution in [3.8, 4) is 0 Å². The molecular weight excluding hydrogens is 166 g/mol. The third kappa shape index (κ3) is 1.28. The monoisotopic (exact) mass is 177 g/mol. The van der Waals surface area contributed by atoms with E-state index in [4.69, 9.17) is 0 Å². The summed E-state index contributed by atoms with van der Waals surface area (Å²) in [6.07, 6.45) is 1.61. The topological polar surface area (TPSA) is 54.9 Å². The first-order chi connectivity index (χ1) is 6.18. The molecule has 0 radical (unpaired) electrons. The first-order valence-corrected chi connectivity index (χ1v) is 4.32. The average Bonchev–Trinajstić information content (AvgIpc) is 2.47. The maximum atomic E-state index is 11.2. The second-order valence-corrected chi connectivity index (χ2v) is 3.43. The Labute approximate surface area is 76.4 Å². The van der Waals surface area contributed by atoms with Crippen molar-refractivity contribution in [1.29, 1.82) is 0 Å². The highest BCUT2D eigenvalue weighted by Crippen LogP contribution is 2.15. The maximum Gasteiger partial charge on any atom is 0.255 e. The molecule has 68 valence electrons. The molecule has 4 nitrogen and oxygen atoms in total. The molecule has 1 aromatic heterocycles. The van der Waals surface area contributed by atoms with Gasteiger partial charge in [-0.05, 0) is 0 Å². The maximum absolute atomic E-state index is 11.2. The summed E-state index contributed by atoms with van der Waals surface area (Å²) in [7, 11) is 0. The zero-order valence-corrected chi connectivity index (χ0v) is 7.66. The number of nitrogens with zero attached hydrogens (tertiary/aromatic N) is 2. The number of aromatic nitrogens is 2. The zero-order valence-electron chi connectivity index (χ0n) is 7.66. The van der Waals surface area contributed by atoms with Gasteiger partial charge in [0.15, 0.2) is 0 Å². The number of amides is 1. The molecule has 13 heavy (non-hydrogen) atoms. The number of hydrogen-bond acceptors (Lipinski definition) is 3. The summed E-state index contributed by atoms with van der Waals surface area (Å²) in [5.74, 6) is 1.04. The quantitative estimate of drug-likeness (QED) is 0.691. The lowest BCUT2D eigenvalue weighted by molar-refractivity contribution is 0.0965. The number of rotatable bonds is 1. The van der Waals surface area contributed by atoms with Crippen LogP contribution >= 0.6 is 0 Å². The highest BCUT2D eigenvalue weighted by atomic mass is 16.1. The first-order valence-electron chi connectivity index (χ1n) is 4.32. The largest absolute Gasteiger partial charge is 0.346 e. The molecule has 1 amide bonds. The number of carbonyl (C=O) groups is 1. The Kier molecular flexibility index (Phi) is 1.76. The van der Waals surface area contributed by atoms with Gasteiger partial charge in [0.1, 0.15) is 5.82 Å². The van der Waals surface area contributed by atoms with E-state index in [1.165, 1.54) is 0 Å². The minimum Gasteiger partial charge on any atom is -0.346 e. The van der Waals surface area contributed by atoms with Gasteiger partial charge < -0.3 is 5.32 Å². The predicted molar refractivity (Wildman–Crippen MR) is 47.3 cm³/mol. The molecule has 0 aliphatic carbocycles. The van der Waals surface area contributed by atoms with Crippen molar-refractivity contribution in [2.24, 2.45) is 0 Å². The van der Waals surface area contributed by atoms with Crippen LogP contribution in [0.1, 0.15) is 41.6 Å². The van der Waals surface area contributed by atoms with Crippen LogP contribution in [-0.2, 0) is 6.54 Å². The van der Waals surface area contributed by atoms with E-state index in [9.17, 15) is 4.79 Å². The Morgan fingerprint density at radius 1 is 1.54 bits per heavy atom. The van der Waals surface area contributed by atoms with E-state index in [-0.39, 0.29) is 5.91 Å². The third-order valence-electron chi connectivity index (χ3n) is 2.06. The van der Waals surface area contributed by atoms with Crippen LogP contribution in [0.5, 0.6) is 0 Å². The summed E-state index contributed by atoms with van der Waals surface area (Å²) in [5, 5.41) is 2.71. The molecule has 1 aromatic rings. The van der Waals surface area contributed by atoms with Crippen LogP contribution in [0, 0.1) is 0 Å². The van der Waals surface area contributed by atoms with Crippen molar-refractivity contribution < 1.29 is 4.79 Å². The van der Waals surface area contributed by atoms with Gasteiger partial charge in [-0.2, -0.15) is 0 Å². The fraction of sp³-hybridized carbons (Fsp3) is 0.444. The summed E-state index contributed by atoms with van der Waals surface area (Å²) >= 11 is 0. The Morgan fingerprint density at radius 2 is 2.31 bits per heavy atom. The van der Waals surface area contributed by atoms with Crippen molar-refractivity contribution >= 4 is 5.91 Å². The van der Waals surface area contributed by atoms with E-state index in [1.54, 1.807) is 6.20 Å². The van der Waals surface area contributed by atoms with E-state index in [1.807, 2.05) is 13.8 Å². The van der Waals surface area contributed by atoms with Gasteiger partial charge in [-0.15, -0.1) is 0 Å². The van der Waals surface area contributed by atoms with Gasteiger partial charge in [0, 0.05) is 12.1 Å². The molecule has 0 aromatic carbocycles. The van der Waals surface area contributed by atoms with Crippen molar-refractivity contribution in [3.63, 3.8) is 0 Å². The van der Waals surface area contributed by atoms with Gasteiger partial charge in [-0.1, -0.05) is 13.8 Å². The van der Waals surface area contributed by atoms with E-state index in [2.05, 4.69) is 15.3 Å². The van der Waals surface area contributed by atoms with E-state index >= 15 is 0 Å². The molecule has 1 aliphatic heterocycles. The summed E-state index contributed by atoms with van der Waals surface area (Å²) in [5.41, 5.74) is 1.44. The van der Waals surface area contributed by atoms with E-state index in [0.717, 1.165) is 11.5 Å². The minimum absolute atomic E-state index is 0.0645. The Morgan fingerprint density at radius 3 is 3.00 bits per heavy atom. The van der Waals surface area contributed by atoms with Crippen LogP contribution in [0.3, 0.4) is 0 Å². The molecule has 0 atom stereocenters. The lowest BCUT2D eigenvalue weighted by Gasteiger charge is -2.03. The second kappa shape index (κ2) is 2.80. The fourth-order valence-corrected chi connectivity index (χ4v) is 1.29. The molecule has 0 bridgehead atoms. The lowest BCUT2D eigenvalue weighted by Crippen LogP contribution is -2.12. The SMILES string of the molecule is CC(C)c1ncc2c(n1)CNC2=O. The minimum atomic E-state index is -0.0645. The highest BCUT2D eigenvalue weighted by molar-refractivity contribution is 5.97. The highest BCUT2D eigenvalue weighted by Gasteiger charge is 2.21. The van der Waals surface area contributed by atoms with Crippen LogP contribution < -0.4 is 5.32 Å². The fourth-order valence-electron chi connectivity index (χ4n) is 1.29. The van der Waals surface area contributed by atoms with Crippen LogP contribution in [0.2, 0.25) is 0 Å². The van der Waals surface area contributed by atoms with Crippen molar-refractivity contribution in [2.75, 3.05) is 0 Å². The number of fused-ring (bicyclic) bond motifs is 1. The Hall–Kier alpha value is -1.45. The van der Waals surface area contributed by atoms with Crippen LogP contribution in [0.15, 0.2) is 6.20 Å². The van der Waals surface area contributed by atoms with Crippen molar-refractivity contribution in [2.45, 2.75) is 26.3 Å². The molecule has 0 spiro atoms. The van der Waals surface area contributed by atoms with Crippen LogP contribution in [-0.4, -0.2) is 15.9 Å². The molecule has 1 aliphatic rings. The molecule has 1 N–H and O–H groups in total. The summed E-state index contributed by atoms with van der Waals surface area (Å²) in [6, 6.07) is 0. The van der Waals surface area contributed by atoms with Gasteiger partial charge >= 0.3 is 0 Å².